The molecule has 5 nitrogen and oxygen atoms in total. The van der Waals surface area contributed by atoms with E-state index in [1.807, 2.05) is 23.1 Å². The minimum atomic E-state index is -0.000167. The van der Waals surface area contributed by atoms with Gasteiger partial charge in [-0.3, -0.25) is 4.79 Å². The number of benzene rings is 1. The van der Waals surface area contributed by atoms with Gasteiger partial charge < -0.3 is 20.1 Å². The van der Waals surface area contributed by atoms with Crippen LogP contribution in [0.15, 0.2) is 24.3 Å². The molecular formula is C16H24N2O3. The fraction of sp³-hybridized carbons (Fsp3) is 0.562. The number of nitrogens with two attached hydrogens (primary N) is 1. The first-order valence-electron chi connectivity index (χ1n) is 7.42. The van der Waals surface area contributed by atoms with E-state index in [-0.39, 0.29) is 18.6 Å². The van der Waals surface area contributed by atoms with Crippen LogP contribution >= 0.6 is 0 Å². The molecule has 1 saturated heterocycles. The number of carbonyl (C=O) groups is 1. The molecule has 5 heteroatoms. The number of methoxy groups -OCH3 is 1. The third-order valence-corrected chi connectivity index (χ3v) is 4.08. The number of hydrogen-bond acceptors (Lipinski definition) is 4. The zero-order valence-electron chi connectivity index (χ0n) is 12.7. The Morgan fingerprint density at radius 1 is 1.43 bits per heavy atom. The maximum Gasteiger partial charge on any atom is 0.260 e. The van der Waals surface area contributed by atoms with Crippen molar-refractivity contribution < 1.29 is 14.3 Å². The second-order valence-corrected chi connectivity index (χ2v) is 5.48. The van der Waals surface area contributed by atoms with Crippen molar-refractivity contribution in [1.82, 2.24) is 4.90 Å². The Morgan fingerprint density at radius 2 is 2.19 bits per heavy atom. The highest BCUT2D eigenvalue weighted by Gasteiger charge is 2.30. The second kappa shape index (κ2) is 7.31. The molecule has 1 fully saturated rings. The van der Waals surface area contributed by atoms with Crippen molar-refractivity contribution in [2.75, 3.05) is 26.8 Å². The van der Waals surface area contributed by atoms with Crippen LogP contribution in [0.2, 0.25) is 0 Å². The van der Waals surface area contributed by atoms with E-state index >= 15 is 0 Å². The molecule has 0 aromatic heterocycles. The number of rotatable bonds is 5. The molecule has 0 aliphatic carbocycles. The number of amides is 1. The van der Waals surface area contributed by atoms with Crippen molar-refractivity contribution in [2.24, 2.45) is 11.7 Å². The third kappa shape index (κ3) is 3.88. The van der Waals surface area contributed by atoms with Crippen LogP contribution in [-0.4, -0.2) is 43.7 Å². The minimum absolute atomic E-state index is 0.000167. The fourth-order valence-electron chi connectivity index (χ4n) is 2.84. The molecule has 0 radical (unpaired) electrons. The van der Waals surface area contributed by atoms with Crippen molar-refractivity contribution in [3.05, 3.63) is 24.3 Å². The summed E-state index contributed by atoms with van der Waals surface area (Å²) >= 11 is 0. The van der Waals surface area contributed by atoms with E-state index in [0.717, 1.165) is 19.4 Å². The van der Waals surface area contributed by atoms with E-state index in [1.165, 1.54) is 0 Å². The van der Waals surface area contributed by atoms with E-state index in [1.54, 1.807) is 13.2 Å². The molecule has 1 amide bonds. The van der Waals surface area contributed by atoms with E-state index in [0.29, 0.717) is 24.0 Å². The first kappa shape index (κ1) is 15.6. The Bertz CT molecular complexity index is 478. The largest absolute Gasteiger partial charge is 0.497 e. The Balaban J connectivity index is 1.94. The maximum atomic E-state index is 12.4. The molecule has 1 aliphatic rings. The van der Waals surface area contributed by atoms with Gasteiger partial charge in [-0.25, -0.2) is 0 Å². The van der Waals surface area contributed by atoms with Crippen LogP contribution in [0.4, 0.5) is 0 Å². The predicted octanol–water partition coefficient (Wildman–Crippen LogP) is 1.66. The van der Waals surface area contributed by atoms with Crippen molar-refractivity contribution in [2.45, 2.75) is 25.8 Å². The number of hydrogen-bond donors (Lipinski definition) is 1. The van der Waals surface area contributed by atoms with E-state index in [4.69, 9.17) is 15.2 Å². The molecule has 0 bridgehead atoms. The van der Waals surface area contributed by atoms with E-state index in [2.05, 4.69) is 6.92 Å². The molecule has 2 N–H and O–H groups in total. The molecule has 1 aliphatic heterocycles. The number of piperidine rings is 1. The summed E-state index contributed by atoms with van der Waals surface area (Å²) in [5.41, 5.74) is 5.82. The molecule has 116 valence electrons. The molecule has 2 atom stereocenters. The predicted molar refractivity (Wildman–Crippen MR) is 81.4 cm³/mol. The summed E-state index contributed by atoms with van der Waals surface area (Å²) in [6, 6.07) is 7.39. The molecule has 0 saturated carbocycles. The van der Waals surface area contributed by atoms with Gasteiger partial charge in [-0.15, -0.1) is 0 Å². The molecule has 1 heterocycles. The Hall–Kier alpha value is -1.75. The van der Waals surface area contributed by atoms with Gasteiger partial charge in [0.05, 0.1) is 7.11 Å². The summed E-state index contributed by atoms with van der Waals surface area (Å²) in [7, 11) is 1.60. The topological polar surface area (TPSA) is 64.8 Å². The Labute approximate surface area is 126 Å². The monoisotopic (exact) mass is 292 g/mol. The molecular weight excluding hydrogens is 268 g/mol. The SMILES string of the molecule is COc1cccc(OCC(=O)N2CCCC(C)C2CN)c1. The van der Waals surface area contributed by atoms with Crippen molar-refractivity contribution in [1.29, 1.82) is 0 Å². The van der Waals surface area contributed by atoms with Crippen LogP contribution in [0.5, 0.6) is 11.5 Å². The highest BCUT2D eigenvalue weighted by atomic mass is 16.5. The zero-order valence-corrected chi connectivity index (χ0v) is 12.7. The number of likely N-dealkylation sites (tertiary alicyclic amines) is 1. The first-order chi connectivity index (χ1) is 10.2. The highest BCUT2D eigenvalue weighted by molar-refractivity contribution is 5.78. The van der Waals surface area contributed by atoms with E-state index in [9.17, 15) is 4.79 Å². The van der Waals surface area contributed by atoms with Gasteiger partial charge >= 0.3 is 0 Å². The third-order valence-electron chi connectivity index (χ3n) is 4.08. The highest BCUT2D eigenvalue weighted by Crippen LogP contribution is 2.23. The van der Waals surface area contributed by atoms with Gasteiger partial charge in [-0.2, -0.15) is 0 Å². The summed E-state index contributed by atoms with van der Waals surface area (Å²) in [5, 5.41) is 0. The van der Waals surface area contributed by atoms with Crippen LogP contribution < -0.4 is 15.2 Å². The minimum Gasteiger partial charge on any atom is -0.497 e. The lowest BCUT2D eigenvalue weighted by molar-refractivity contribution is -0.138. The average molecular weight is 292 g/mol. The van der Waals surface area contributed by atoms with Crippen molar-refractivity contribution in [3.8, 4) is 11.5 Å². The van der Waals surface area contributed by atoms with Gasteiger partial charge in [-0.1, -0.05) is 13.0 Å². The van der Waals surface area contributed by atoms with Crippen molar-refractivity contribution in [3.63, 3.8) is 0 Å². The summed E-state index contributed by atoms with van der Waals surface area (Å²) in [5.74, 6) is 1.80. The van der Waals surface area contributed by atoms with Crippen molar-refractivity contribution >= 4 is 5.91 Å². The lowest BCUT2D eigenvalue weighted by Crippen LogP contribution is -2.52. The van der Waals surface area contributed by atoms with Crippen LogP contribution in [0, 0.1) is 5.92 Å². The molecule has 0 spiro atoms. The standard InChI is InChI=1S/C16H24N2O3/c1-12-5-4-8-18(15(12)10-17)16(19)11-21-14-7-3-6-13(9-14)20-2/h3,6-7,9,12,15H,4-5,8,10-11,17H2,1-2H3. The van der Waals surface area contributed by atoms with Crippen LogP contribution in [0.3, 0.4) is 0 Å². The molecule has 2 rings (SSSR count). The summed E-state index contributed by atoms with van der Waals surface area (Å²) in [6.45, 7) is 3.47. The normalized spacial score (nSPS) is 22.0. The lowest BCUT2D eigenvalue weighted by atomic mass is 9.91. The first-order valence-corrected chi connectivity index (χ1v) is 7.42. The van der Waals surface area contributed by atoms with Gasteiger partial charge in [0.15, 0.2) is 6.61 Å². The lowest BCUT2D eigenvalue weighted by Gasteiger charge is -2.39. The molecule has 1 aromatic carbocycles. The smallest absolute Gasteiger partial charge is 0.260 e. The second-order valence-electron chi connectivity index (χ2n) is 5.48. The van der Waals surface area contributed by atoms with Crippen LogP contribution in [0.25, 0.3) is 0 Å². The summed E-state index contributed by atoms with van der Waals surface area (Å²) in [4.78, 5) is 14.2. The van der Waals surface area contributed by atoms with Crippen LogP contribution in [-0.2, 0) is 4.79 Å². The molecule has 2 unspecified atom stereocenters. The van der Waals surface area contributed by atoms with Gasteiger partial charge in [0.1, 0.15) is 11.5 Å². The Kier molecular flexibility index (Phi) is 5.44. The Morgan fingerprint density at radius 3 is 2.90 bits per heavy atom. The quantitative estimate of drug-likeness (QED) is 0.896. The number of ether oxygens (including phenoxy) is 2. The molecule has 1 aromatic rings. The number of nitrogens with zero attached hydrogens (tertiary/aromatic N) is 1. The maximum absolute atomic E-state index is 12.4. The van der Waals surface area contributed by atoms with Gasteiger partial charge in [-0.05, 0) is 30.9 Å². The van der Waals surface area contributed by atoms with Gasteiger partial charge in [0.25, 0.3) is 5.91 Å². The van der Waals surface area contributed by atoms with Gasteiger partial charge in [0.2, 0.25) is 0 Å². The summed E-state index contributed by atoms with van der Waals surface area (Å²) < 4.78 is 10.7. The summed E-state index contributed by atoms with van der Waals surface area (Å²) in [6.07, 6.45) is 2.16. The van der Waals surface area contributed by atoms with E-state index < -0.39 is 0 Å². The average Bonchev–Trinajstić information content (AvgIpc) is 2.52. The van der Waals surface area contributed by atoms with Gasteiger partial charge in [0, 0.05) is 25.2 Å². The fourth-order valence-corrected chi connectivity index (χ4v) is 2.84. The zero-order chi connectivity index (χ0) is 15.2. The van der Waals surface area contributed by atoms with Crippen LogP contribution in [0.1, 0.15) is 19.8 Å². The number of carbonyl (C=O) groups excluding carboxylic acids is 1. The molecule has 21 heavy (non-hydrogen) atoms.